The fraction of sp³-hybridized carbons (Fsp3) is 0.933. The van der Waals surface area contributed by atoms with Crippen molar-refractivity contribution in [3.63, 3.8) is 0 Å². The second-order valence-corrected chi connectivity index (χ2v) is 14.6. The van der Waals surface area contributed by atoms with Crippen molar-refractivity contribution in [1.29, 1.82) is 0 Å². The van der Waals surface area contributed by atoms with Crippen LogP contribution in [0.15, 0.2) is 12.2 Å². The summed E-state index contributed by atoms with van der Waals surface area (Å²) in [6.07, 6.45) is 20.1. The lowest BCUT2D eigenvalue weighted by Crippen LogP contribution is -2.57. The van der Waals surface area contributed by atoms with Gasteiger partial charge in [0.25, 0.3) is 0 Å². The van der Waals surface area contributed by atoms with E-state index in [2.05, 4.69) is 33.8 Å². The van der Waals surface area contributed by atoms with Gasteiger partial charge in [-0.25, -0.2) is 0 Å². The number of allylic oxidation sites excluding steroid dienone is 1. The van der Waals surface area contributed by atoms with Crippen molar-refractivity contribution >= 4 is 0 Å². The first-order chi connectivity index (χ1) is 14.8. The Balaban J connectivity index is 1.32. The fourth-order valence-corrected chi connectivity index (χ4v) is 10.8. The maximum atomic E-state index is 10.8. The minimum absolute atomic E-state index is 0.0990. The van der Waals surface area contributed by atoms with E-state index < -0.39 is 5.60 Å². The van der Waals surface area contributed by atoms with Crippen LogP contribution in [0.4, 0.5) is 0 Å². The van der Waals surface area contributed by atoms with E-state index in [1.54, 1.807) is 0 Å². The number of aliphatic hydroxyl groups excluding tert-OH is 1. The zero-order chi connectivity index (χ0) is 23.2. The summed E-state index contributed by atoms with van der Waals surface area (Å²) in [6, 6.07) is 0. The third-order valence-corrected chi connectivity index (χ3v) is 12.7. The lowest BCUT2D eigenvalue weighted by Gasteiger charge is -2.63. The molecule has 0 saturated heterocycles. The molecule has 5 fully saturated rings. The van der Waals surface area contributed by atoms with E-state index in [1.807, 2.05) is 19.9 Å². The Kier molecular flexibility index (Phi) is 5.19. The molecule has 0 aromatic carbocycles. The first-order valence-electron chi connectivity index (χ1n) is 13.9. The molecule has 0 heterocycles. The Morgan fingerprint density at radius 2 is 1.53 bits per heavy atom. The van der Waals surface area contributed by atoms with Gasteiger partial charge in [0, 0.05) is 0 Å². The molecule has 182 valence electrons. The van der Waals surface area contributed by atoms with E-state index in [4.69, 9.17) is 0 Å². The standard InChI is InChI=1S/C30H50O2/c1-25(2,32)15-9-7-8-10-21-13-16-28(6)23-12-11-22-26(3,4)24(31)14-17-29(22)20-30(23,29)19-18-27(21,28)5/h9,15,21-24,31-32H,7-8,10-14,16-20H2,1-6H3. The fourth-order valence-electron chi connectivity index (χ4n) is 10.8. The van der Waals surface area contributed by atoms with Gasteiger partial charge in [-0.2, -0.15) is 0 Å². The van der Waals surface area contributed by atoms with Crippen molar-refractivity contribution in [2.24, 2.45) is 44.8 Å². The highest BCUT2D eigenvalue weighted by molar-refractivity contribution is 5.30. The number of fused-ring (bicyclic) bond motifs is 2. The molecule has 0 amide bonds. The third-order valence-electron chi connectivity index (χ3n) is 12.7. The lowest BCUT2D eigenvalue weighted by molar-refractivity contribution is -0.159. The Morgan fingerprint density at radius 3 is 2.25 bits per heavy atom. The molecule has 5 aliphatic rings. The van der Waals surface area contributed by atoms with Gasteiger partial charge in [0.05, 0.1) is 11.7 Å². The van der Waals surface area contributed by atoms with Crippen molar-refractivity contribution in [1.82, 2.24) is 0 Å². The summed E-state index contributed by atoms with van der Waals surface area (Å²) in [6.45, 7) is 13.9. The molecule has 5 saturated carbocycles. The van der Waals surface area contributed by atoms with Crippen LogP contribution in [0.5, 0.6) is 0 Å². The van der Waals surface area contributed by atoms with Gasteiger partial charge in [-0.15, -0.1) is 0 Å². The highest BCUT2D eigenvalue weighted by Gasteiger charge is 2.81. The molecule has 5 rings (SSSR count). The number of hydrogen-bond acceptors (Lipinski definition) is 2. The van der Waals surface area contributed by atoms with Gasteiger partial charge in [-0.05, 0) is 136 Å². The molecule has 2 nitrogen and oxygen atoms in total. The molecule has 0 aromatic rings. The highest BCUT2D eigenvalue weighted by atomic mass is 16.3. The number of hydrogen-bond donors (Lipinski definition) is 2. The van der Waals surface area contributed by atoms with E-state index >= 15 is 0 Å². The molecule has 5 aliphatic carbocycles. The van der Waals surface area contributed by atoms with Gasteiger partial charge >= 0.3 is 0 Å². The van der Waals surface area contributed by atoms with Gasteiger partial charge < -0.3 is 10.2 Å². The highest BCUT2D eigenvalue weighted by Crippen LogP contribution is 2.88. The molecule has 2 spiro atoms. The monoisotopic (exact) mass is 442 g/mol. The molecular weight excluding hydrogens is 392 g/mol. The second-order valence-electron chi connectivity index (χ2n) is 14.6. The summed E-state index contributed by atoms with van der Waals surface area (Å²) in [7, 11) is 0. The van der Waals surface area contributed by atoms with Gasteiger partial charge in [0.2, 0.25) is 0 Å². The molecule has 0 aliphatic heterocycles. The van der Waals surface area contributed by atoms with Crippen LogP contribution in [-0.2, 0) is 0 Å². The Morgan fingerprint density at radius 1 is 0.844 bits per heavy atom. The van der Waals surface area contributed by atoms with Crippen LogP contribution in [-0.4, -0.2) is 21.9 Å². The van der Waals surface area contributed by atoms with E-state index in [9.17, 15) is 10.2 Å². The van der Waals surface area contributed by atoms with E-state index in [-0.39, 0.29) is 11.5 Å². The normalized spacial score (nSPS) is 51.6. The van der Waals surface area contributed by atoms with Crippen LogP contribution in [0.2, 0.25) is 0 Å². The van der Waals surface area contributed by atoms with Crippen LogP contribution in [0.1, 0.15) is 119 Å². The lowest BCUT2D eigenvalue weighted by atomic mass is 9.42. The summed E-state index contributed by atoms with van der Waals surface area (Å²) in [5, 5.41) is 20.7. The minimum atomic E-state index is -0.682. The summed E-state index contributed by atoms with van der Waals surface area (Å²) in [5.74, 6) is 2.52. The molecule has 2 N–H and O–H groups in total. The maximum Gasteiger partial charge on any atom is 0.0771 e. The van der Waals surface area contributed by atoms with E-state index in [1.165, 1.54) is 64.2 Å². The Hall–Kier alpha value is -0.340. The summed E-state index contributed by atoms with van der Waals surface area (Å²) in [4.78, 5) is 0. The average molecular weight is 443 g/mol. The number of rotatable bonds is 5. The zero-order valence-electron chi connectivity index (χ0n) is 21.8. The first kappa shape index (κ1) is 23.4. The topological polar surface area (TPSA) is 40.5 Å². The van der Waals surface area contributed by atoms with Crippen LogP contribution < -0.4 is 0 Å². The molecule has 8 unspecified atom stereocenters. The number of aliphatic hydroxyl groups is 2. The van der Waals surface area contributed by atoms with Crippen molar-refractivity contribution in [2.45, 2.75) is 130 Å². The van der Waals surface area contributed by atoms with Crippen molar-refractivity contribution in [2.75, 3.05) is 0 Å². The summed E-state index contributed by atoms with van der Waals surface area (Å²) in [5.41, 5.74) is 1.59. The summed E-state index contributed by atoms with van der Waals surface area (Å²) < 4.78 is 0. The molecule has 8 atom stereocenters. The zero-order valence-corrected chi connectivity index (χ0v) is 21.8. The molecule has 0 bridgehead atoms. The van der Waals surface area contributed by atoms with E-state index in [0.29, 0.717) is 21.7 Å². The molecule has 32 heavy (non-hydrogen) atoms. The molecular formula is C30H50O2. The van der Waals surface area contributed by atoms with Crippen molar-refractivity contribution in [3.8, 4) is 0 Å². The second kappa shape index (κ2) is 7.09. The van der Waals surface area contributed by atoms with Crippen LogP contribution in [0, 0.1) is 44.8 Å². The predicted octanol–water partition coefficient (Wildman–Crippen LogP) is 7.28. The average Bonchev–Trinajstić information content (AvgIpc) is 3.29. The van der Waals surface area contributed by atoms with Gasteiger partial charge in [-0.1, -0.05) is 39.8 Å². The molecule has 2 heteroatoms. The first-order valence-corrected chi connectivity index (χ1v) is 13.9. The van der Waals surface area contributed by atoms with Crippen molar-refractivity contribution < 1.29 is 10.2 Å². The summed E-state index contributed by atoms with van der Waals surface area (Å²) >= 11 is 0. The Bertz CT molecular complexity index is 776. The van der Waals surface area contributed by atoms with Gasteiger partial charge in [0.15, 0.2) is 0 Å². The van der Waals surface area contributed by atoms with Crippen LogP contribution in [0.25, 0.3) is 0 Å². The molecule has 0 radical (unpaired) electrons. The van der Waals surface area contributed by atoms with Crippen molar-refractivity contribution in [3.05, 3.63) is 12.2 Å². The SMILES string of the molecule is CC(C)(O)C=CCCCC1CCC2(C)C3CCC4C(C)(C)C(O)CCC45CC35CCC12C. The number of unbranched alkanes of at least 4 members (excludes halogenated alkanes) is 1. The van der Waals surface area contributed by atoms with Gasteiger partial charge in [-0.3, -0.25) is 0 Å². The predicted molar refractivity (Wildman–Crippen MR) is 132 cm³/mol. The van der Waals surface area contributed by atoms with Crippen LogP contribution in [0.3, 0.4) is 0 Å². The Labute approximate surface area is 197 Å². The van der Waals surface area contributed by atoms with Gasteiger partial charge in [0.1, 0.15) is 0 Å². The third kappa shape index (κ3) is 2.96. The van der Waals surface area contributed by atoms with E-state index in [0.717, 1.165) is 30.6 Å². The largest absolute Gasteiger partial charge is 0.393 e. The quantitative estimate of drug-likeness (QED) is 0.347. The van der Waals surface area contributed by atoms with Crippen LogP contribution >= 0.6 is 0 Å². The molecule has 0 aromatic heterocycles. The smallest absolute Gasteiger partial charge is 0.0771 e. The minimum Gasteiger partial charge on any atom is -0.393 e. The maximum absolute atomic E-state index is 10.8.